The molecule has 3 aromatic carbocycles. The maximum atomic E-state index is 13.6. The molecule has 3 heterocycles. The molecule has 3 aliphatic rings. The predicted octanol–water partition coefficient (Wildman–Crippen LogP) is 3.76. The maximum Gasteiger partial charge on any atom is 0.340 e. The van der Waals surface area contributed by atoms with Gasteiger partial charge in [0.2, 0.25) is 0 Å². The molecule has 0 saturated carbocycles. The van der Waals surface area contributed by atoms with Crippen molar-refractivity contribution in [3.8, 4) is 23.0 Å². The van der Waals surface area contributed by atoms with Crippen LogP contribution in [0.2, 0.25) is 0 Å². The second kappa shape index (κ2) is 14.4. The van der Waals surface area contributed by atoms with Crippen molar-refractivity contribution in [3.05, 3.63) is 88.5 Å². The Morgan fingerprint density at radius 1 is 0.774 bits per heavy atom. The summed E-state index contributed by atoms with van der Waals surface area (Å²) in [6, 6.07) is 14.0. The highest BCUT2D eigenvalue weighted by Gasteiger charge is 2.55. The molecule has 6 rings (SSSR count). The van der Waals surface area contributed by atoms with Gasteiger partial charge >= 0.3 is 29.8 Å². The highest BCUT2D eigenvalue weighted by Crippen LogP contribution is 2.58. The van der Waals surface area contributed by atoms with Crippen LogP contribution in [-0.2, 0) is 58.0 Å². The summed E-state index contributed by atoms with van der Waals surface area (Å²) in [7, 11) is 0. The van der Waals surface area contributed by atoms with Crippen molar-refractivity contribution in [2.75, 3.05) is 6.61 Å². The number of ether oxygens (including phenoxy) is 7. The zero-order valence-corrected chi connectivity index (χ0v) is 28.9. The van der Waals surface area contributed by atoms with E-state index in [4.69, 9.17) is 33.2 Å². The van der Waals surface area contributed by atoms with Gasteiger partial charge in [0.15, 0.2) is 29.7 Å². The van der Waals surface area contributed by atoms with E-state index in [9.17, 15) is 39.0 Å². The maximum absolute atomic E-state index is 13.6. The van der Waals surface area contributed by atoms with E-state index in [1.165, 1.54) is 30.3 Å². The van der Waals surface area contributed by atoms with Gasteiger partial charge in [0.05, 0.1) is 11.1 Å². The van der Waals surface area contributed by atoms with Gasteiger partial charge in [-0.3, -0.25) is 24.0 Å². The van der Waals surface area contributed by atoms with E-state index in [1.807, 2.05) is 0 Å². The molecule has 276 valence electrons. The number of aromatic hydroxyl groups is 2. The number of phenols is 2. The monoisotopic (exact) mass is 730 g/mol. The summed E-state index contributed by atoms with van der Waals surface area (Å²) in [4.78, 5) is 74.9. The Bertz CT molecular complexity index is 2050. The van der Waals surface area contributed by atoms with Gasteiger partial charge < -0.3 is 43.4 Å². The summed E-state index contributed by atoms with van der Waals surface area (Å²) in [5.74, 6) is -4.66. The van der Waals surface area contributed by atoms with Crippen LogP contribution in [0.25, 0.3) is 6.08 Å². The number of benzene rings is 3. The molecule has 15 heteroatoms. The quantitative estimate of drug-likeness (QED) is 0.183. The molecule has 53 heavy (non-hydrogen) atoms. The molecule has 3 aromatic rings. The molecule has 0 bridgehead atoms. The molecule has 0 aromatic heterocycles. The lowest BCUT2D eigenvalue weighted by molar-refractivity contribution is -0.252. The number of fused-ring (bicyclic) bond motifs is 6. The smallest absolute Gasteiger partial charge is 0.340 e. The van der Waals surface area contributed by atoms with Crippen molar-refractivity contribution < 1.29 is 72.1 Å². The van der Waals surface area contributed by atoms with Crippen LogP contribution < -0.4 is 4.74 Å². The lowest BCUT2D eigenvalue weighted by Crippen LogP contribution is -2.62. The van der Waals surface area contributed by atoms with Crippen molar-refractivity contribution in [2.24, 2.45) is 0 Å². The minimum Gasteiger partial charge on any atom is -0.508 e. The summed E-state index contributed by atoms with van der Waals surface area (Å²) in [6.07, 6.45) is -4.99. The number of allylic oxidation sites excluding steroid dienone is 1. The number of rotatable bonds is 9. The van der Waals surface area contributed by atoms with Gasteiger partial charge in [-0.05, 0) is 42.5 Å². The second-order valence-electron chi connectivity index (χ2n) is 12.5. The fraction of sp³-hybridized carbons (Fsp3) is 0.316. The molecule has 2 N–H and O–H groups in total. The van der Waals surface area contributed by atoms with E-state index in [0.29, 0.717) is 22.3 Å². The van der Waals surface area contributed by atoms with E-state index >= 15 is 0 Å². The van der Waals surface area contributed by atoms with Crippen LogP contribution in [0.15, 0.2) is 60.7 Å². The third kappa shape index (κ3) is 7.02. The van der Waals surface area contributed by atoms with Crippen LogP contribution in [0.4, 0.5) is 0 Å². The number of hydrogen-bond donors (Lipinski definition) is 2. The first-order chi connectivity index (χ1) is 25.2. The van der Waals surface area contributed by atoms with E-state index in [1.54, 1.807) is 30.3 Å². The zero-order valence-electron chi connectivity index (χ0n) is 28.9. The summed E-state index contributed by atoms with van der Waals surface area (Å²) >= 11 is 0. The van der Waals surface area contributed by atoms with Gasteiger partial charge in [-0.15, -0.1) is 0 Å². The van der Waals surface area contributed by atoms with Crippen molar-refractivity contribution >= 4 is 41.7 Å². The van der Waals surface area contributed by atoms with Crippen LogP contribution >= 0.6 is 0 Å². The van der Waals surface area contributed by atoms with Crippen LogP contribution in [0.3, 0.4) is 0 Å². The Labute approximate surface area is 301 Å². The van der Waals surface area contributed by atoms with Crippen molar-refractivity contribution in [1.29, 1.82) is 0 Å². The Kier molecular flexibility index (Phi) is 9.95. The summed E-state index contributed by atoms with van der Waals surface area (Å²) in [5.41, 5.74) is 0.0522. The number of carbonyl (C=O) groups is 6. The van der Waals surface area contributed by atoms with Gasteiger partial charge in [0, 0.05) is 56.9 Å². The molecule has 0 amide bonds. The fourth-order valence-corrected chi connectivity index (χ4v) is 6.82. The highest BCUT2D eigenvalue weighted by atomic mass is 16.7. The minimum absolute atomic E-state index is 0.0196. The molecular formula is C38H34O15. The largest absolute Gasteiger partial charge is 0.508 e. The third-order valence-corrected chi connectivity index (χ3v) is 8.81. The number of esters is 5. The lowest BCUT2D eigenvalue weighted by atomic mass is 9.77. The van der Waals surface area contributed by atoms with Crippen LogP contribution in [0.5, 0.6) is 23.0 Å². The molecule has 0 radical (unpaired) electrons. The van der Waals surface area contributed by atoms with E-state index < -0.39 is 84.8 Å². The standard InChI is InChI=1S/C38H34O15/c1-18(39)47-17-32-35(49-20(3)41)36(50-21(4)42)34(48-19(2)40)31(51-32)16-22(43)9-11-25-29(45)14-13-28-33(25)52-30-15-23(44)10-12-27(30)38(28)26-8-6-5-7-24(26)37(46)53-38/h5-15,31-32,34-36,44-45H,16-17H2,1-4H3/b11-9+/t31-,32-,34-,35-,36-,38?/m1/s1. The normalized spacial score (nSPS) is 23.8. The topological polar surface area (TPSA) is 207 Å². The molecule has 15 nitrogen and oxygen atoms in total. The molecule has 6 atom stereocenters. The molecule has 1 fully saturated rings. The second-order valence-corrected chi connectivity index (χ2v) is 12.5. The van der Waals surface area contributed by atoms with Gasteiger partial charge in [-0.1, -0.05) is 18.2 Å². The molecule has 3 aliphatic heterocycles. The van der Waals surface area contributed by atoms with Gasteiger partial charge in [-0.25, -0.2) is 4.79 Å². The minimum atomic E-state index is -1.53. The van der Waals surface area contributed by atoms with Gasteiger partial charge in [0.25, 0.3) is 0 Å². The Balaban J connectivity index is 1.37. The first-order valence-electron chi connectivity index (χ1n) is 16.4. The molecule has 0 aliphatic carbocycles. The Morgan fingerprint density at radius 2 is 1.42 bits per heavy atom. The highest BCUT2D eigenvalue weighted by molar-refractivity contribution is 5.98. The van der Waals surface area contributed by atoms with Gasteiger partial charge in [-0.2, -0.15) is 0 Å². The van der Waals surface area contributed by atoms with Crippen LogP contribution in [0, 0.1) is 0 Å². The third-order valence-electron chi connectivity index (χ3n) is 8.81. The van der Waals surface area contributed by atoms with E-state index in [-0.39, 0.29) is 28.6 Å². The summed E-state index contributed by atoms with van der Waals surface area (Å²) in [5, 5.41) is 21.4. The first-order valence-corrected chi connectivity index (χ1v) is 16.4. The number of ketones is 1. The Hall–Kier alpha value is -6.22. The van der Waals surface area contributed by atoms with E-state index in [2.05, 4.69) is 0 Å². The summed E-state index contributed by atoms with van der Waals surface area (Å²) < 4.78 is 39.7. The average molecular weight is 731 g/mol. The average Bonchev–Trinajstić information content (AvgIpc) is 3.37. The fourth-order valence-electron chi connectivity index (χ4n) is 6.82. The van der Waals surface area contributed by atoms with Crippen molar-refractivity contribution in [3.63, 3.8) is 0 Å². The van der Waals surface area contributed by atoms with Crippen molar-refractivity contribution in [2.45, 2.75) is 70.2 Å². The Morgan fingerprint density at radius 3 is 2.09 bits per heavy atom. The summed E-state index contributed by atoms with van der Waals surface area (Å²) in [6.45, 7) is 3.93. The van der Waals surface area contributed by atoms with Gasteiger partial charge in [0.1, 0.15) is 41.8 Å². The first kappa shape index (κ1) is 36.6. The SMILES string of the molecule is CC(=O)OC[C@H]1O[C@H](CC(=O)/C=C/c2c(O)ccc3c2Oc2cc(O)ccc2C32OC(=O)c3ccccc32)[C@@H](OC(C)=O)[C@@H](OC(C)=O)[C@@H]1OC(C)=O. The number of hydrogen-bond acceptors (Lipinski definition) is 15. The molecule has 1 spiro atoms. The lowest BCUT2D eigenvalue weighted by Gasteiger charge is -2.44. The van der Waals surface area contributed by atoms with Crippen LogP contribution in [-0.4, -0.2) is 83.0 Å². The molecule has 1 saturated heterocycles. The molecular weight excluding hydrogens is 696 g/mol. The molecule has 1 unspecified atom stereocenters. The number of phenolic OH excluding ortho intramolecular Hbond substituents is 2. The number of carbonyl (C=O) groups excluding carboxylic acids is 6. The van der Waals surface area contributed by atoms with E-state index in [0.717, 1.165) is 33.8 Å². The van der Waals surface area contributed by atoms with Crippen molar-refractivity contribution in [1.82, 2.24) is 0 Å². The zero-order chi connectivity index (χ0) is 38.2. The predicted molar refractivity (Wildman–Crippen MR) is 179 cm³/mol. The van der Waals surface area contributed by atoms with Crippen LogP contribution in [0.1, 0.15) is 66.7 Å².